The zero-order chi connectivity index (χ0) is 23.7. The van der Waals surface area contributed by atoms with Crippen LogP contribution < -0.4 is 20.9 Å². The summed E-state index contributed by atoms with van der Waals surface area (Å²) in [5, 5.41) is 3.00. The number of nitrogens with zero attached hydrogens (tertiary/aromatic N) is 6. The molecule has 3 N–H and O–H groups in total. The Morgan fingerprint density at radius 2 is 1.82 bits per heavy atom. The molecule has 5 rings (SSSR count). The highest BCUT2D eigenvalue weighted by molar-refractivity contribution is 6.29. The van der Waals surface area contributed by atoms with Gasteiger partial charge in [0.1, 0.15) is 11.0 Å². The number of ether oxygens (including phenoxy) is 1. The van der Waals surface area contributed by atoms with E-state index >= 15 is 0 Å². The maximum Gasteiger partial charge on any atom is 0.316 e. The van der Waals surface area contributed by atoms with Crippen LogP contribution >= 0.6 is 11.6 Å². The number of aryl methyl sites for hydroxylation is 1. The van der Waals surface area contributed by atoms with Crippen molar-refractivity contribution in [2.45, 2.75) is 19.9 Å². The number of morpholine rings is 1. The molecule has 4 heterocycles. The van der Waals surface area contributed by atoms with E-state index in [1.807, 2.05) is 19.1 Å². The summed E-state index contributed by atoms with van der Waals surface area (Å²) in [6.45, 7) is 6.12. The van der Waals surface area contributed by atoms with Crippen LogP contribution in [-0.2, 0) is 17.7 Å². The molecule has 0 atom stereocenters. The summed E-state index contributed by atoms with van der Waals surface area (Å²) in [6, 6.07) is 8.46. The van der Waals surface area contributed by atoms with Gasteiger partial charge in [0.25, 0.3) is 0 Å². The number of primary amides is 1. The molecule has 10 nitrogen and oxygen atoms in total. The average Bonchev–Trinajstić information content (AvgIpc) is 2.83. The lowest BCUT2D eigenvalue weighted by molar-refractivity contribution is 0.122. The summed E-state index contributed by atoms with van der Waals surface area (Å²) < 4.78 is 5.56. The Bertz CT molecular complexity index is 1190. The summed E-state index contributed by atoms with van der Waals surface area (Å²) in [6.07, 6.45) is 0.776. The first-order valence-corrected chi connectivity index (χ1v) is 11.5. The van der Waals surface area contributed by atoms with Gasteiger partial charge in [0.2, 0.25) is 5.95 Å². The molecule has 2 aliphatic rings. The lowest BCUT2D eigenvalue weighted by Gasteiger charge is -2.34. The zero-order valence-corrected chi connectivity index (χ0v) is 19.5. The van der Waals surface area contributed by atoms with Crippen molar-refractivity contribution in [2.75, 3.05) is 48.0 Å². The van der Waals surface area contributed by atoms with Crippen LogP contribution in [-0.4, -0.2) is 58.8 Å². The van der Waals surface area contributed by atoms with Crippen LogP contribution in [0.1, 0.15) is 17.0 Å². The first-order chi connectivity index (χ1) is 16.5. The van der Waals surface area contributed by atoms with E-state index in [0.29, 0.717) is 42.4 Å². The van der Waals surface area contributed by atoms with E-state index in [1.54, 1.807) is 18.2 Å². The summed E-state index contributed by atoms with van der Waals surface area (Å²) in [7, 11) is 0. The van der Waals surface area contributed by atoms with Gasteiger partial charge in [0.05, 0.1) is 25.5 Å². The molecule has 0 bridgehead atoms. The number of hydrogen-bond acceptors (Lipinski definition) is 8. The average molecular weight is 481 g/mol. The Morgan fingerprint density at radius 1 is 1.06 bits per heavy atom. The molecule has 0 aliphatic carbocycles. The van der Waals surface area contributed by atoms with Gasteiger partial charge in [0, 0.05) is 42.1 Å². The number of amides is 2. The Balaban J connectivity index is 1.53. The SMILES string of the molecule is Cc1cc(Cl)nc(N2CCc3c(nc(-c4ccc(NC(N)=O)cc4)nc3N3CCOCC3)C2)n1. The number of anilines is 3. The normalized spacial score (nSPS) is 15.7. The van der Waals surface area contributed by atoms with Crippen LogP contribution in [0.25, 0.3) is 11.4 Å². The molecule has 2 amide bonds. The van der Waals surface area contributed by atoms with E-state index in [-0.39, 0.29) is 0 Å². The van der Waals surface area contributed by atoms with E-state index in [9.17, 15) is 4.79 Å². The third kappa shape index (κ3) is 4.73. The molecule has 0 saturated carbocycles. The predicted octanol–water partition coefficient (Wildman–Crippen LogP) is 2.79. The number of fused-ring (bicyclic) bond motifs is 1. The fourth-order valence-electron chi connectivity index (χ4n) is 4.25. The second-order valence-electron chi connectivity index (χ2n) is 8.27. The molecule has 176 valence electrons. The molecule has 0 spiro atoms. The molecule has 2 aromatic heterocycles. The maximum atomic E-state index is 11.1. The minimum atomic E-state index is -0.606. The second kappa shape index (κ2) is 9.40. The predicted molar refractivity (Wildman–Crippen MR) is 130 cm³/mol. The van der Waals surface area contributed by atoms with Gasteiger partial charge in [-0.3, -0.25) is 0 Å². The molecular weight excluding hydrogens is 456 g/mol. The lowest BCUT2D eigenvalue weighted by Crippen LogP contribution is -2.40. The zero-order valence-electron chi connectivity index (χ0n) is 18.8. The van der Waals surface area contributed by atoms with Gasteiger partial charge in [0.15, 0.2) is 5.82 Å². The molecule has 34 heavy (non-hydrogen) atoms. The third-order valence-corrected chi connectivity index (χ3v) is 6.05. The van der Waals surface area contributed by atoms with E-state index in [0.717, 1.165) is 54.4 Å². The Morgan fingerprint density at radius 3 is 2.53 bits per heavy atom. The van der Waals surface area contributed by atoms with E-state index < -0.39 is 6.03 Å². The van der Waals surface area contributed by atoms with Crippen molar-refractivity contribution >= 4 is 35.1 Å². The highest BCUT2D eigenvalue weighted by Crippen LogP contribution is 2.31. The van der Waals surface area contributed by atoms with Gasteiger partial charge in [-0.1, -0.05) is 11.6 Å². The van der Waals surface area contributed by atoms with E-state index in [2.05, 4.69) is 25.1 Å². The molecule has 1 saturated heterocycles. The van der Waals surface area contributed by atoms with Gasteiger partial charge in [-0.2, -0.15) is 0 Å². The highest BCUT2D eigenvalue weighted by Gasteiger charge is 2.27. The standard InChI is InChI=1S/C23H25ClN8O2/c1-14-12-19(24)29-23(26-14)32-7-6-17-18(13-32)28-20(30-21(17)31-8-10-34-11-9-31)15-2-4-16(5-3-15)27-22(25)33/h2-5,12H,6-11,13H2,1H3,(H3,25,27,33). The number of benzene rings is 1. The molecule has 2 aliphatic heterocycles. The van der Waals surface area contributed by atoms with E-state index in [1.165, 1.54) is 0 Å². The molecule has 11 heteroatoms. The number of rotatable bonds is 4. The van der Waals surface area contributed by atoms with Crippen LogP contribution in [0.2, 0.25) is 5.15 Å². The third-order valence-electron chi connectivity index (χ3n) is 5.86. The summed E-state index contributed by atoms with van der Waals surface area (Å²) in [4.78, 5) is 34.4. The molecule has 0 radical (unpaired) electrons. The highest BCUT2D eigenvalue weighted by atomic mass is 35.5. The summed E-state index contributed by atoms with van der Waals surface area (Å²) in [5.74, 6) is 2.17. The first kappa shape index (κ1) is 22.3. The Kier molecular flexibility index (Phi) is 6.16. The number of halogens is 1. The van der Waals surface area contributed by atoms with Crippen molar-refractivity contribution in [3.63, 3.8) is 0 Å². The minimum absolute atomic E-state index is 0.426. The van der Waals surface area contributed by atoms with Crippen molar-refractivity contribution in [1.82, 2.24) is 19.9 Å². The van der Waals surface area contributed by atoms with Crippen molar-refractivity contribution in [3.05, 3.63) is 52.4 Å². The number of hydrogen-bond donors (Lipinski definition) is 2. The molecule has 0 unspecified atom stereocenters. The second-order valence-corrected chi connectivity index (χ2v) is 8.65. The maximum absolute atomic E-state index is 11.1. The lowest BCUT2D eigenvalue weighted by atomic mass is 10.0. The number of aromatic nitrogens is 4. The van der Waals surface area contributed by atoms with Gasteiger partial charge in [-0.25, -0.2) is 24.7 Å². The fourth-order valence-corrected chi connectivity index (χ4v) is 4.48. The van der Waals surface area contributed by atoms with Crippen LogP contribution in [0.5, 0.6) is 0 Å². The summed E-state index contributed by atoms with van der Waals surface area (Å²) >= 11 is 6.19. The Labute approximate surface area is 202 Å². The molecular formula is C23H25ClN8O2. The fraction of sp³-hybridized carbons (Fsp3) is 0.348. The first-order valence-electron chi connectivity index (χ1n) is 11.1. The smallest absolute Gasteiger partial charge is 0.316 e. The topological polar surface area (TPSA) is 122 Å². The number of nitrogens with two attached hydrogens (primary N) is 1. The number of carbonyl (C=O) groups is 1. The molecule has 1 fully saturated rings. The quantitative estimate of drug-likeness (QED) is 0.546. The van der Waals surface area contributed by atoms with Gasteiger partial charge in [-0.05, 0) is 43.7 Å². The number of carbonyl (C=O) groups excluding carboxylic acids is 1. The van der Waals surface area contributed by atoms with Crippen LogP contribution in [0.3, 0.4) is 0 Å². The monoisotopic (exact) mass is 480 g/mol. The van der Waals surface area contributed by atoms with Crippen molar-refractivity contribution in [1.29, 1.82) is 0 Å². The van der Waals surface area contributed by atoms with Crippen LogP contribution in [0, 0.1) is 6.92 Å². The Hall–Kier alpha value is -3.50. The largest absolute Gasteiger partial charge is 0.378 e. The van der Waals surface area contributed by atoms with Crippen LogP contribution in [0.15, 0.2) is 30.3 Å². The minimum Gasteiger partial charge on any atom is -0.378 e. The molecule has 3 aromatic rings. The van der Waals surface area contributed by atoms with Gasteiger partial charge >= 0.3 is 6.03 Å². The number of nitrogens with one attached hydrogen (secondary N) is 1. The van der Waals surface area contributed by atoms with Crippen molar-refractivity contribution < 1.29 is 9.53 Å². The van der Waals surface area contributed by atoms with Crippen molar-refractivity contribution in [2.24, 2.45) is 5.73 Å². The van der Waals surface area contributed by atoms with E-state index in [4.69, 9.17) is 32.0 Å². The number of urea groups is 1. The molecule has 1 aromatic carbocycles. The van der Waals surface area contributed by atoms with Gasteiger partial charge in [-0.15, -0.1) is 0 Å². The van der Waals surface area contributed by atoms with Crippen LogP contribution in [0.4, 0.5) is 22.2 Å². The van der Waals surface area contributed by atoms with Gasteiger partial charge < -0.3 is 25.6 Å². The summed E-state index contributed by atoms with van der Waals surface area (Å²) in [5.41, 5.74) is 9.59. The van der Waals surface area contributed by atoms with Crippen molar-refractivity contribution in [3.8, 4) is 11.4 Å².